The van der Waals surface area contributed by atoms with Gasteiger partial charge in [-0.3, -0.25) is 0 Å². The van der Waals surface area contributed by atoms with Crippen molar-refractivity contribution in [3.63, 3.8) is 0 Å². The zero-order chi connectivity index (χ0) is 13.3. The molecule has 1 heterocycles. The fourth-order valence-electron chi connectivity index (χ4n) is 2.26. The third kappa shape index (κ3) is 2.11. The first kappa shape index (κ1) is 12.6. The lowest BCUT2D eigenvalue weighted by Crippen LogP contribution is -1.98. The Morgan fingerprint density at radius 2 is 2.00 bits per heavy atom. The third-order valence-electron chi connectivity index (χ3n) is 3.03. The van der Waals surface area contributed by atoms with E-state index in [1.807, 2.05) is 13.0 Å². The van der Waals surface area contributed by atoms with Crippen LogP contribution in [0, 0.1) is 20.8 Å². The van der Waals surface area contributed by atoms with E-state index in [1.54, 1.807) is 7.11 Å². The second-order valence-corrected chi connectivity index (χ2v) is 4.52. The van der Waals surface area contributed by atoms with Crippen molar-refractivity contribution in [3.8, 4) is 17.0 Å². The molecule has 0 saturated carbocycles. The predicted octanol–water partition coefficient (Wildman–Crippen LogP) is 2.47. The van der Waals surface area contributed by atoms with Crippen LogP contribution in [0.25, 0.3) is 11.3 Å². The minimum atomic E-state index is 0.411. The first-order valence-electron chi connectivity index (χ1n) is 5.98. The molecule has 0 fully saturated rings. The van der Waals surface area contributed by atoms with Crippen LogP contribution < -0.4 is 10.5 Å². The third-order valence-corrected chi connectivity index (χ3v) is 3.03. The van der Waals surface area contributed by atoms with Gasteiger partial charge in [-0.15, -0.1) is 0 Å². The lowest BCUT2D eigenvalue weighted by molar-refractivity contribution is 0.415. The number of nitrogens with zero attached hydrogens (tertiary/aromatic N) is 1. The normalized spacial score (nSPS) is 10.7. The van der Waals surface area contributed by atoms with E-state index in [2.05, 4.69) is 29.9 Å². The van der Waals surface area contributed by atoms with Crippen molar-refractivity contribution < 1.29 is 4.74 Å². The van der Waals surface area contributed by atoms with Crippen LogP contribution >= 0.6 is 0 Å². The van der Waals surface area contributed by atoms with Crippen molar-refractivity contribution >= 4 is 0 Å². The van der Waals surface area contributed by atoms with Crippen molar-refractivity contribution in [1.82, 2.24) is 9.97 Å². The Labute approximate surface area is 107 Å². The maximum Gasteiger partial charge on any atom is 0.128 e. The number of methoxy groups -OCH3 is 1. The van der Waals surface area contributed by atoms with Gasteiger partial charge in [-0.05, 0) is 38.0 Å². The fraction of sp³-hybridized carbons (Fsp3) is 0.357. The Hall–Kier alpha value is -1.81. The van der Waals surface area contributed by atoms with Gasteiger partial charge in [-0.25, -0.2) is 4.98 Å². The summed E-state index contributed by atoms with van der Waals surface area (Å²) in [5.41, 5.74) is 10.9. The number of imidazole rings is 1. The molecule has 3 N–H and O–H groups in total. The summed E-state index contributed by atoms with van der Waals surface area (Å²) < 4.78 is 5.47. The van der Waals surface area contributed by atoms with Crippen LogP contribution in [0.2, 0.25) is 0 Å². The number of aromatic nitrogens is 2. The van der Waals surface area contributed by atoms with Gasteiger partial charge in [-0.1, -0.05) is 6.07 Å². The summed E-state index contributed by atoms with van der Waals surface area (Å²) in [4.78, 5) is 7.73. The van der Waals surface area contributed by atoms with Gasteiger partial charge in [0.1, 0.15) is 11.6 Å². The molecule has 2 rings (SSSR count). The lowest BCUT2D eigenvalue weighted by atomic mass is 10.0. The monoisotopic (exact) mass is 245 g/mol. The maximum absolute atomic E-state index is 5.62. The summed E-state index contributed by atoms with van der Waals surface area (Å²) in [6.07, 6.45) is 0. The molecule has 0 atom stereocenters. The van der Waals surface area contributed by atoms with Gasteiger partial charge in [-0.2, -0.15) is 0 Å². The molecule has 4 nitrogen and oxygen atoms in total. The van der Waals surface area contributed by atoms with Gasteiger partial charge in [0.25, 0.3) is 0 Å². The standard InChI is InChI=1S/C14H19N3O/c1-8-5-9(2)13(11(6-8)18-4)14-10(3)16-12(7-15)17-14/h5-6H,7,15H2,1-4H3,(H,16,17). The summed E-state index contributed by atoms with van der Waals surface area (Å²) >= 11 is 0. The molecule has 96 valence electrons. The molecule has 0 aliphatic carbocycles. The highest BCUT2D eigenvalue weighted by Gasteiger charge is 2.16. The smallest absolute Gasteiger partial charge is 0.128 e. The molecule has 0 aliphatic rings. The summed E-state index contributed by atoms with van der Waals surface area (Å²) in [5, 5.41) is 0. The van der Waals surface area contributed by atoms with Gasteiger partial charge >= 0.3 is 0 Å². The molecule has 4 heteroatoms. The Bertz CT molecular complexity index is 573. The van der Waals surface area contributed by atoms with E-state index in [-0.39, 0.29) is 0 Å². The van der Waals surface area contributed by atoms with Gasteiger partial charge < -0.3 is 15.5 Å². The Morgan fingerprint density at radius 1 is 1.28 bits per heavy atom. The maximum atomic E-state index is 5.62. The molecule has 0 aliphatic heterocycles. The Kier molecular flexibility index (Phi) is 3.39. The number of nitrogens with one attached hydrogen (secondary N) is 1. The summed E-state index contributed by atoms with van der Waals surface area (Å²) in [6, 6.07) is 4.16. The molecule has 0 radical (unpaired) electrons. The number of aryl methyl sites for hydroxylation is 3. The first-order valence-corrected chi connectivity index (χ1v) is 5.98. The average molecular weight is 245 g/mol. The minimum absolute atomic E-state index is 0.411. The molecule has 0 amide bonds. The number of H-pyrrole nitrogens is 1. The highest BCUT2D eigenvalue weighted by Crippen LogP contribution is 2.34. The van der Waals surface area contributed by atoms with Crippen LogP contribution in [0.15, 0.2) is 12.1 Å². The fourth-order valence-corrected chi connectivity index (χ4v) is 2.26. The van der Waals surface area contributed by atoms with Crippen molar-refractivity contribution in [2.45, 2.75) is 27.3 Å². The minimum Gasteiger partial charge on any atom is -0.496 e. The van der Waals surface area contributed by atoms with Crippen molar-refractivity contribution in [2.75, 3.05) is 7.11 Å². The van der Waals surface area contributed by atoms with E-state index >= 15 is 0 Å². The SMILES string of the molecule is COc1cc(C)cc(C)c1-c1nc(CN)[nH]c1C. The average Bonchev–Trinajstić information content (AvgIpc) is 2.69. The topological polar surface area (TPSA) is 63.9 Å². The van der Waals surface area contributed by atoms with E-state index in [0.717, 1.165) is 34.1 Å². The van der Waals surface area contributed by atoms with E-state index in [4.69, 9.17) is 10.5 Å². The number of benzene rings is 1. The van der Waals surface area contributed by atoms with E-state index in [1.165, 1.54) is 5.56 Å². The predicted molar refractivity (Wildman–Crippen MR) is 72.7 cm³/mol. The number of nitrogens with two attached hydrogens (primary N) is 1. The molecule has 0 spiro atoms. The largest absolute Gasteiger partial charge is 0.496 e. The summed E-state index contributed by atoms with van der Waals surface area (Å²) in [7, 11) is 1.68. The van der Waals surface area contributed by atoms with Gasteiger partial charge in [0.2, 0.25) is 0 Å². The highest BCUT2D eigenvalue weighted by molar-refractivity contribution is 5.73. The molecule has 0 saturated heterocycles. The lowest BCUT2D eigenvalue weighted by Gasteiger charge is -2.11. The van der Waals surface area contributed by atoms with E-state index < -0.39 is 0 Å². The van der Waals surface area contributed by atoms with Crippen LogP contribution in [-0.4, -0.2) is 17.1 Å². The second-order valence-electron chi connectivity index (χ2n) is 4.52. The number of hydrogen-bond acceptors (Lipinski definition) is 3. The van der Waals surface area contributed by atoms with Crippen LogP contribution in [0.5, 0.6) is 5.75 Å². The highest BCUT2D eigenvalue weighted by atomic mass is 16.5. The molecular weight excluding hydrogens is 226 g/mol. The van der Waals surface area contributed by atoms with E-state index in [0.29, 0.717) is 6.54 Å². The van der Waals surface area contributed by atoms with Gasteiger partial charge in [0, 0.05) is 11.3 Å². The molecule has 0 unspecified atom stereocenters. The van der Waals surface area contributed by atoms with Crippen molar-refractivity contribution in [1.29, 1.82) is 0 Å². The molecule has 1 aromatic carbocycles. The number of rotatable bonds is 3. The van der Waals surface area contributed by atoms with Crippen molar-refractivity contribution in [2.24, 2.45) is 5.73 Å². The van der Waals surface area contributed by atoms with Gasteiger partial charge in [0.15, 0.2) is 0 Å². The summed E-state index contributed by atoms with van der Waals surface area (Å²) in [6.45, 7) is 6.54. The first-order chi connectivity index (χ1) is 8.56. The van der Waals surface area contributed by atoms with Crippen LogP contribution in [-0.2, 0) is 6.54 Å². The number of ether oxygens (including phenoxy) is 1. The molecule has 0 bridgehead atoms. The van der Waals surface area contributed by atoms with Crippen LogP contribution in [0.4, 0.5) is 0 Å². The summed E-state index contributed by atoms with van der Waals surface area (Å²) in [5.74, 6) is 1.65. The van der Waals surface area contributed by atoms with Crippen LogP contribution in [0.1, 0.15) is 22.6 Å². The zero-order valence-corrected chi connectivity index (χ0v) is 11.3. The second kappa shape index (κ2) is 4.82. The Morgan fingerprint density at radius 3 is 2.56 bits per heavy atom. The Balaban J connectivity index is 2.65. The molecule has 18 heavy (non-hydrogen) atoms. The molecule has 2 aromatic rings. The molecule has 1 aromatic heterocycles. The van der Waals surface area contributed by atoms with Crippen molar-refractivity contribution in [3.05, 3.63) is 34.8 Å². The molecular formula is C14H19N3O. The number of aromatic amines is 1. The quantitative estimate of drug-likeness (QED) is 0.873. The van der Waals surface area contributed by atoms with Gasteiger partial charge in [0.05, 0.1) is 19.3 Å². The zero-order valence-electron chi connectivity index (χ0n) is 11.3. The van der Waals surface area contributed by atoms with Crippen LogP contribution in [0.3, 0.4) is 0 Å². The van der Waals surface area contributed by atoms with E-state index in [9.17, 15) is 0 Å². The number of hydrogen-bond donors (Lipinski definition) is 2.